The molecule has 1 rings (SSSR count). The Morgan fingerprint density at radius 3 is 2.12 bits per heavy atom. The maximum atomic E-state index is 11.0. The summed E-state index contributed by atoms with van der Waals surface area (Å²) in [6.45, 7) is 4.65. The molecule has 0 bridgehead atoms. The molecule has 0 spiro atoms. The van der Waals surface area contributed by atoms with Gasteiger partial charge in [0.2, 0.25) is 0 Å². The quantitative estimate of drug-likeness (QED) is 0.364. The van der Waals surface area contributed by atoms with Gasteiger partial charge in [0.15, 0.2) is 0 Å². The molecule has 0 amide bonds. The van der Waals surface area contributed by atoms with Gasteiger partial charge in [-0.2, -0.15) is 0 Å². The Hall–Kier alpha value is -3.02. The highest BCUT2D eigenvalue weighted by atomic mass is 16.6. The summed E-state index contributed by atoms with van der Waals surface area (Å²) in [4.78, 5) is 42.7. The molecule has 0 radical (unpaired) electrons. The smallest absolute Gasteiger partial charge is 0.345 e. The van der Waals surface area contributed by atoms with E-state index in [-0.39, 0.29) is 6.42 Å². The minimum atomic E-state index is -0.625. The van der Waals surface area contributed by atoms with Gasteiger partial charge in [0, 0.05) is 19.4 Å². The third-order valence-corrected chi connectivity index (χ3v) is 2.28. The largest absolute Gasteiger partial charge is 0.390 e. The predicted octanol–water partition coefficient (Wildman–Crippen LogP) is 2.99. The average molecular weight is 332 g/mol. The Balaban J connectivity index is 0.000000441. The van der Waals surface area contributed by atoms with Crippen molar-refractivity contribution in [3.05, 3.63) is 60.2 Å². The number of benzene rings is 1. The predicted molar refractivity (Wildman–Crippen MR) is 87.9 cm³/mol. The Labute approximate surface area is 140 Å². The molecule has 0 fully saturated rings. The summed E-state index contributed by atoms with van der Waals surface area (Å²) in [5.74, 6) is -2.34. The van der Waals surface area contributed by atoms with Crippen LogP contribution in [0.5, 0.6) is 0 Å². The lowest BCUT2D eigenvalue weighted by Crippen LogP contribution is -2.08. The van der Waals surface area contributed by atoms with E-state index in [0.29, 0.717) is 5.56 Å². The number of rotatable bonds is 4. The second kappa shape index (κ2) is 12.5. The van der Waals surface area contributed by atoms with Gasteiger partial charge in [-0.05, 0) is 19.1 Å². The van der Waals surface area contributed by atoms with Crippen molar-refractivity contribution in [2.75, 3.05) is 0 Å². The molecule has 1 aromatic carbocycles. The average Bonchev–Trinajstić information content (AvgIpc) is 2.55. The van der Waals surface area contributed by atoms with Crippen LogP contribution in [0.1, 0.15) is 37.6 Å². The summed E-state index contributed by atoms with van der Waals surface area (Å²) in [7, 11) is 0. The van der Waals surface area contributed by atoms with Gasteiger partial charge in [-0.25, -0.2) is 9.59 Å². The van der Waals surface area contributed by atoms with E-state index in [9.17, 15) is 19.2 Å². The lowest BCUT2D eigenvalue weighted by atomic mass is 10.2. The van der Waals surface area contributed by atoms with Crippen LogP contribution in [0.2, 0.25) is 0 Å². The second-order valence-electron chi connectivity index (χ2n) is 4.28. The van der Waals surface area contributed by atoms with Gasteiger partial charge in [-0.1, -0.05) is 43.4 Å². The minimum Gasteiger partial charge on any atom is -0.390 e. The van der Waals surface area contributed by atoms with Crippen LogP contribution < -0.4 is 0 Å². The first kappa shape index (κ1) is 21.0. The van der Waals surface area contributed by atoms with Crippen molar-refractivity contribution in [3.8, 4) is 0 Å². The minimum absolute atomic E-state index is 0.212. The molecular formula is C18H20O6. The normalized spacial score (nSPS) is 9.96. The van der Waals surface area contributed by atoms with Crippen LogP contribution in [-0.2, 0) is 23.9 Å². The highest BCUT2D eigenvalue weighted by Gasteiger charge is 2.07. The van der Waals surface area contributed by atoms with Crippen LogP contribution in [0.25, 0.3) is 0 Å². The van der Waals surface area contributed by atoms with E-state index in [0.717, 1.165) is 0 Å². The molecule has 128 valence electrons. The van der Waals surface area contributed by atoms with Crippen LogP contribution in [0, 0.1) is 0 Å². The number of carbonyl (C=O) groups is 4. The topological polar surface area (TPSA) is 86.7 Å². The van der Waals surface area contributed by atoms with Crippen molar-refractivity contribution < 1.29 is 28.7 Å². The van der Waals surface area contributed by atoms with Crippen molar-refractivity contribution >= 4 is 23.9 Å². The molecule has 0 aliphatic rings. The number of hydrogen-bond acceptors (Lipinski definition) is 6. The monoisotopic (exact) mass is 332 g/mol. The van der Waals surface area contributed by atoms with Crippen molar-refractivity contribution in [3.63, 3.8) is 0 Å². The maximum absolute atomic E-state index is 11.0. The van der Waals surface area contributed by atoms with Crippen LogP contribution in [-0.4, -0.2) is 23.9 Å². The fourth-order valence-corrected chi connectivity index (χ4v) is 1.23. The second-order valence-corrected chi connectivity index (χ2v) is 4.28. The molecule has 0 saturated heterocycles. The van der Waals surface area contributed by atoms with Crippen LogP contribution in [0.4, 0.5) is 0 Å². The van der Waals surface area contributed by atoms with E-state index in [2.05, 4.69) is 9.47 Å². The molecule has 0 heterocycles. The van der Waals surface area contributed by atoms with E-state index in [1.54, 1.807) is 49.4 Å². The lowest BCUT2D eigenvalue weighted by molar-refractivity contribution is -0.156. The Bertz CT molecular complexity index is 614. The lowest BCUT2D eigenvalue weighted by Gasteiger charge is -1.97. The van der Waals surface area contributed by atoms with Gasteiger partial charge >= 0.3 is 23.9 Å². The van der Waals surface area contributed by atoms with Crippen LogP contribution >= 0.6 is 0 Å². The Morgan fingerprint density at radius 1 is 1.00 bits per heavy atom. The van der Waals surface area contributed by atoms with Crippen molar-refractivity contribution in [1.29, 1.82) is 0 Å². The first-order valence-corrected chi connectivity index (χ1v) is 7.22. The number of ether oxygens (including phenoxy) is 2. The van der Waals surface area contributed by atoms with Crippen molar-refractivity contribution in [1.82, 2.24) is 0 Å². The van der Waals surface area contributed by atoms with Crippen molar-refractivity contribution in [2.24, 2.45) is 0 Å². The molecule has 0 aliphatic carbocycles. The SMILES string of the molecule is C/C=C/C=C/C(=O)OC(=O)CC.CC(=O)OC(=O)c1ccccc1. The molecule has 24 heavy (non-hydrogen) atoms. The first-order valence-electron chi connectivity index (χ1n) is 7.22. The summed E-state index contributed by atoms with van der Waals surface area (Å²) in [5, 5.41) is 0. The number of esters is 4. The van der Waals surface area contributed by atoms with Crippen molar-refractivity contribution in [2.45, 2.75) is 27.2 Å². The molecule has 0 atom stereocenters. The molecule has 0 aromatic heterocycles. The third kappa shape index (κ3) is 10.7. The van der Waals surface area contributed by atoms with Gasteiger partial charge in [0.05, 0.1) is 5.56 Å². The molecule has 6 nitrogen and oxygen atoms in total. The number of carbonyl (C=O) groups excluding carboxylic acids is 4. The zero-order valence-corrected chi connectivity index (χ0v) is 13.9. The first-order chi connectivity index (χ1) is 11.4. The van der Waals surface area contributed by atoms with E-state index < -0.39 is 23.9 Å². The third-order valence-electron chi connectivity index (χ3n) is 2.28. The van der Waals surface area contributed by atoms with E-state index in [4.69, 9.17) is 0 Å². The number of allylic oxidation sites excluding steroid dienone is 3. The summed E-state index contributed by atoms with van der Waals surface area (Å²) >= 11 is 0. The molecular weight excluding hydrogens is 312 g/mol. The van der Waals surface area contributed by atoms with Gasteiger partial charge in [-0.3, -0.25) is 9.59 Å². The summed E-state index contributed by atoms with van der Waals surface area (Å²) in [6.07, 6.45) is 6.38. The van der Waals surface area contributed by atoms with Gasteiger partial charge in [0.25, 0.3) is 0 Å². The Kier molecular flexibility index (Phi) is 10.9. The molecule has 0 aliphatic heterocycles. The van der Waals surface area contributed by atoms with Gasteiger partial charge < -0.3 is 9.47 Å². The standard InChI is InChI=1S/C9H8O3.C9H12O3/c1-7(10)12-9(11)8-5-3-2-4-6-8;1-3-5-6-7-9(11)12-8(10)4-2/h2-6H,1H3;3,5-7H,4H2,1-2H3/b;5-3+,7-6+. The molecule has 0 saturated carbocycles. The fraction of sp³-hybridized carbons (Fsp3) is 0.222. The highest BCUT2D eigenvalue weighted by Crippen LogP contribution is 2.00. The zero-order chi connectivity index (χ0) is 18.4. The van der Waals surface area contributed by atoms with E-state index in [1.165, 1.54) is 19.1 Å². The summed E-state index contributed by atoms with van der Waals surface area (Å²) in [5.41, 5.74) is 0.382. The maximum Gasteiger partial charge on any atom is 0.345 e. The van der Waals surface area contributed by atoms with Gasteiger partial charge in [-0.15, -0.1) is 0 Å². The van der Waals surface area contributed by atoms with E-state index in [1.807, 2.05) is 6.92 Å². The molecule has 1 aromatic rings. The molecule has 0 unspecified atom stereocenters. The molecule has 6 heteroatoms. The molecule has 0 N–H and O–H groups in total. The highest BCUT2D eigenvalue weighted by molar-refractivity contribution is 5.96. The number of hydrogen-bond donors (Lipinski definition) is 0. The zero-order valence-electron chi connectivity index (χ0n) is 13.9. The Morgan fingerprint density at radius 2 is 1.62 bits per heavy atom. The van der Waals surface area contributed by atoms with Gasteiger partial charge in [0.1, 0.15) is 0 Å². The summed E-state index contributed by atoms with van der Waals surface area (Å²) in [6, 6.07) is 8.37. The van der Waals surface area contributed by atoms with Crippen LogP contribution in [0.3, 0.4) is 0 Å². The summed E-state index contributed by atoms with van der Waals surface area (Å²) < 4.78 is 8.71. The fourth-order valence-electron chi connectivity index (χ4n) is 1.23. The van der Waals surface area contributed by atoms with E-state index >= 15 is 0 Å². The van der Waals surface area contributed by atoms with Crippen LogP contribution in [0.15, 0.2) is 54.6 Å².